The molecule has 0 spiro atoms. The van der Waals surface area contributed by atoms with Gasteiger partial charge in [-0.25, -0.2) is 13.1 Å². The van der Waals surface area contributed by atoms with Crippen molar-refractivity contribution < 1.29 is 18.0 Å². The van der Waals surface area contributed by atoms with Gasteiger partial charge in [-0.2, -0.15) is 0 Å². The Bertz CT molecular complexity index is 950. The number of hydrogen-bond acceptors (Lipinski definition) is 4. The molecule has 2 rings (SSSR count). The van der Waals surface area contributed by atoms with Crippen LogP contribution in [0.2, 0.25) is 0 Å². The Morgan fingerprint density at radius 2 is 1.57 bits per heavy atom. The lowest BCUT2D eigenvalue weighted by atomic mass is 10.1. The zero-order chi connectivity index (χ0) is 20.6. The summed E-state index contributed by atoms with van der Waals surface area (Å²) < 4.78 is 26.2. The summed E-state index contributed by atoms with van der Waals surface area (Å²) in [6.45, 7) is 4.03. The Labute approximate surface area is 164 Å². The predicted octanol–water partition coefficient (Wildman–Crippen LogP) is 2.02. The van der Waals surface area contributed by atoms with Gasteiger partial charge in [0, 0.05) is 18.2 Å². The molecule has 0 aliphatic rings. The Kier molecular flexibility index (Phi) is 7.48. The maximum Gasteiger partial charge on any atom is 0.269 e. The maximum atomic E-state index is 12.0. The molecule has 7 nitrogen and oxygen atoms in total. The van der Waals surface area contributed by atoms with Crippen molar-refractivity contribution in [1.82, 2.24) is 15.6 Å². The van der Waals surface area contributed by atoms with Crippen LogP contribution in [-0.2, 0) is 21.2 Å². The molecule has 0 saturated heterocycles. The Balaban J connectivity index is 1.90. The van der Waals surface area contributed by atoms with Crippen molar-refractivity contribution >= 4 is 27.9 Å². The molecule has 0 aliphatic carbocycles. The maximum absolute atomic E-state index is 12.0. The molecular formula is C20H23N3O4S. The van der Waals surface area contributed by atoms with E-state index in [9.17, 15) is 18.0 Å². The summed E-state index contributed by atoms with van der Waals surface area (Å²) in [5.74, 6) is -0.926. The number of carbonyl (C=O) groups is 2. The van der Waals surface area contributed by atoms with E-state index >= 15 is 0 Å². The van der Waals surface area contributed by atoms with Crippen molar-refractivity contribution in [2.75, 3.05) is 6.54 Å². The largest absolute Gasteiger partial charge is 0.269 e. The summed E-state index contributed by atoms with van der Waals surface area (Å²) in [7, 11) is -3.51. The lowest BCUT2D eigenvalue weighted by Crippen LogP contribution is -2.40. The predicted molar refractivity (Wildman–Crippen MR) is 108 cm³/mol. The number of sulfonamides is 1. The highest BCUT2D eigenvalue weighted by Crippen LogP contribution is 2.11. The van der Waals surface area contributed by atoms with Gasteiger partial charge in [-0.3, -0.25) is 20.4 Å². The van der Waals surface area contributed by atoms with Crippen molar-refractivity contribution in [2.24, 2.45) is 0 Å². The Morgan fingerprint density at radius 1 is 0.929 bits per heavy atom. The summed E-state index contributed by atoms with van der Waals surface area (Å²) in [5, 5.41) is 0. The second-order valence-corrected chi connectivity index (χ2v) is 7.66. The number of rotatable bonds is 7. The number of nitrogens with one attached hydrogen (secondary N) is 3. The summed E-state index contributed by atoms with van der Waals surface area (Å²) in [4.78, 5) is 24.0. The van der Waals surface area contributed by atoms with E-state index in [2.05, 4.69) is 15.6 Å². The minimum Gasteiger partial charge on any atom is -0.268 e. The number of carbonyl (C=O) groups excluding carboxylic acids is 2. The van der Waals surface area contributed by atoms with Crippen LogP contribution in [-0.4, -0.2) is 26.8 Å². The topological polar surface area (TPSA) is 104 Å². The van der Waals surface area contributed by atoms with E-state index in [1.807, 2.05) is 19.1 Å². The lowest BCUT2D eigenvalue weighted by Gasteiger charge is -2.06. The molecule has 148 valence electrons. The number of hydrogen-bond donors (Lipinski definition) is 3. The van der Waals surface area contributed by atoms with E-state index < -0.39 is 21.8 Å². The monoisotopic (exact) mass is 401 g/mol. The summed E-state index contributed by atoms with van der Waals surface area (Å²) in [6, 6.07) is 13.2. The van der Waals surface area contributed by atoms with Crippen LogP contribution in [0, 0.1) is 0 Å². The molecule has 0 fully saturated rings. The third kappa shape index (κ3) is 6.04. The van der Waals surface area contributed by atoms with Crippen molar-refractivity contribution in [1.29, 1.82) is 0 Å². The molecule has 28 heavy (non-hydrogen) atoms. The third-order valence-electron chi connectivity index (χ3n) is 3.88. The fourth-order valence-corrected chi connectivity index (χ4v) is 3.37. The van der Waals surface area contributed by atoms with E-state index in [1.165, 1.54) is 24.3 Å². The fourth-order valence-electron chi connectivity index (χ4n) is 2.33. The van der Waals surface area contributed by atoms with Crippen LogP contribution in [0.15, 0.2) is 59.5 Å². The fraction of sp³-hybridized carbons (Fsp3) is 0.200. The zero-order valence-electron chi connectivity index (χ0n) is 15.7. The summed E-state index contributed by atoms with van der Waals surface area (Å²) >= 11 is 0. The lowest BCUT2D eigenvalue weighted by molar-refractivity contribution is -0.117. The van der Waals surface area contributed by atoms with Gasteiger partial charge in [0.1, 0.15) is 0 Å². The number of hydrazine groups is 1. The van der Waals surface area contributed by atoms with E-state index in [0.717, 1.165) is 12.0 Å². The first-order valence-corrected chi connectivity index (χ1v) is 10.3. The van der Waals surface area contributed by atoms with Gasteiger partial charge in [0.25, 0.3) is 11.8 Å². The van der Waals surface area contributed by atoms with E-state index in [0.29, 0.717) is 17.7 Å². The van der Waals surface area contributed by atoms with Crippen molar-refractivity contribution in [3.8, 4) is 0 Å². The molecule has 0 atom stereocenters. The van der Waals surface area contributed by atoms with E-state index in [4.69, 9.17) is 0 Å². The van der Waals surface area contributed by atoms with Crippen LogP contribution in [0.25, 0.3) is 6.08 Å². The molecule has 0 unspecified atom stereocenters. The molecule has 0 aromatic heterocycles. The minimum atomic E-state index is -3.51. The van der Waals surface area contributed by atoms with Gasteiger partial charge in [-0.05, 0) is 47.9 Å². The minimum absolute atomic E-state index is 0.150. The molecule has 0 heterocycles. The Hall–Kier alpha value is -2.97. The molecule has 0 bridgehead atoms. The molecule has 0 radical (unpaired) electrons. The van der Waals surface area contributed by atoms with Crippen LogP contribution < -0.4 is 15.6 Å². The third-order valence-corrected chi connectivity index (χ3v) is 5.44. The van der Waals surface area contributed by atoms with E-state index in [-0.39, 0.29) is 4.90 Å². The van der Waals surface area contributed by atoms with Gasteiger partial charge >= 0.3 is 0 Å². The van der Waals surface area contributed by atoms with Crippen LogP contribution in [0.1, 0.15) is 35.3 Å². The second kappa shape index (κ2) is 9.82. The van der Waals surface area contributed by atoms with Gasteiger partial charge in [0.2, 0.25) is 10.0 Å². The molecule has 0 saturated carbocycles. The molecule has 2 aromatic rings. The highest BCUT2D eigenvalue weighted by atomic mass is 32.2. The van der Waals surface area contributed by atoms with Gasteiger partial charge in [-0.15, -0.1) is 0 Å². The SMILES string of the molecule is CCNS(=O)(=O)c1ccc(/C=C/C(=O)NNC(=O)c2ccc(CC)cc2)cc1. The van der Waals surface area contributed by atoms with Crippen molar-refractivity contribution in [2.45, 2.75) is 25.2 Å². The van der Waals surface area contributed by atoms with Gasteiger partial charge in [0.05, 0.1) is 4.90 Å². The first kappa shape index (κ1) is 21.3. The second-order valence-electron chi connectivity index (χ2n) is 5.90. The quantitative estimate of drug-likeness (QED) is 0.488. The van der Waals surface area contributed by atoms with Gasteiger partial charge in [0.15, 0.2) is 0 Å². The summed E-state index contributed by atoms with van der Waals surface area (Å²) in [5.41, 5.74) is 6.85. The highest BCUT2D eigenvalue weighted by molar-refractivity contribution is 7.89. The molecule has 8 heteroatoms. The number of amides is 2. The smallest absolute Gasteiger partial charge is 0.268 e. The first-order chi connectivity index (χ1) is 13.4. The van der Waals surface area contributed by atoms with Crippen LogP contribution in [0.3, 0.4) is 0 Å². The first-order valence-electron chi connectivity index (χ1n) is 8.82. The van der Waals surface area contributed by atoms with Crippen molar-refractivity contribution in [3.63, 3.8) is 0 Å². The van der Waals surface area contributed by atoms with Gasteiger partial charge < -0.3 is 0 Å². The highest BCUT2D eigenvalue weighted by Gasteiger charge is 2.11. The molecular weight excluding hydrogens is 378 g/mol. The normalized spacial score (nSPS) is 11.4. The number of aryl methyl sites for hydroxylation is 1. The molecule has 3 N–H and O–H groups in total. The zero-order valence-corrected chi connectivity index (χ0v) is 16.5. The standard InChI is InChI=1S/C20H23N3O4S/c1-3-15-5-10-17(11-6-15)20(25)23-22-19(24)14-9-16-7-12-18(13-8-16)28(26,27)21-4-2/h5-14,21H,3-4H2,1-2H3,(H,22,24)(H,23,25)/b14-9+. The number of benzene rings is 2. The average Bonchev–Trinajstić information content (AvgIpc) is 2.70. The average molecular weight is 401 g/mol. The summed E-state index contributed by atoms with van der Waals surface area (Å²) in [6.07, 6.45) is 3.64. The van der Waals surface area contributed by atoms with Crippen LogP contribution in [0.4, 0.5) is 0 Å². The van der Waals surface area contributed by atoms with E-state index in [1.54, 1.807) is 31.2 Å². The van der Waals surface area contributed by atoms with Crippen molar-refractivity contribution in [3.05, 3.63) is 71.3 Å². The Morgan fingerprint density at radius 3 is 2.14 bits per heavy atom. The van der Waals surface area contributed by atoms with Crippen LogP contribution >= 0.6 is 0 Å². The van der Waals surface area contributed by atoms with Gasteiger partial charge in [-0.1, -0.05) is 38.1 Å². The van der Waals surface area contributed by atoms with Crippen LogP contribution in [0.5, 0.6) is 0 Å². The molecule has 2 amide bonds. The molecule has 2 aromatic carbocycles. The molecule has 0 aliphatic heterocycles.